The maximum atomic E-state index is 5.94. The van der Waals surface area contributed by atoms with E-state index < -0.39 is 0 Å². The predicted molar refractivity (Wildman–Crippen MR) is 77.5 cm³/mol. The molecule has 1 saturated heterocycles. The fourth-order valence-electron chi connectivity index (χ4n) is 2.36. The Morgan fingerprint density at radius 3 is 2.95 bits per heavy atom. The molecule has 2 rings (SSSR count). The number of para-hydroxylation sites is 1. The predicted octanol–water partition coefficient (Wildman–Crippen LogP) is 2.07. The summed E-state index contributed by atoms with van der Waals surface area (Å²) in [6.45, 7) is 9.68. The first kappa shape index (κ1) is 14.2. The number of nitrogen functional groups attached to an aromatic ring is 1. The van der Waals surface area contributed by atoms with Gasteiger partial charge < -0.3 is 15.2 Å². The van der Waals surface area contributed by atoms with Crippen LogP contribution in [0, 0.1) is 6.92 Å². The number of nitrogens with two attached hydrogens (primary N) is 1. The Labute approximate surface area is 115 Å². The molecule has 0 radical (unpaired) electrons. The summed E-state index contributed by atoms with van der Waals surface area (Å²) in [6, 6.07) is 6.36. The van der Waals surface area contributed by atoms with Gasteiger partial charge in [0.25, 0.3) is 0 Å². The first-order valence-electron chi connectivity index (χ1n) is 6.91. The molecule has 0 aromatic heterocycles. The Balaban J connectivity index is 1.92. The highest BCUT2D eigenvalue weighted by molar-refractivity contribution is 5.56. The van der Waals surface area contributed by atoms with Crippen LogP contribution in [0.15, 0.2) is 18.2 Å². The molecule has 2 N–H and O–H groups in total. The average Bonchev–Trinajstić information content (AvgIpc) is 2.38. The van der Waals surface area contributed by atoms with Gasteiger partial charge in [-0.2, -0.15) is 0 Å². The number of hydrogen-bond donors (Lipinski definition) is 1. The molecule has 1 heterocycles. The van der Waals surface area contributed by atoms with Gasteiger partial charge in [0.15, 0.2) is 0 Å². The van der Waals surface area contributed by atoms with Gasteiger partial charge in [-0.15, -0.1) is 0 Å². The SMILES string of the molecule is Cc1cccc(N)c1OCC1CN(C(C)C)CCO1. The van der Waals surface area contributed by atoms with Crippen molar-refractivity contribution in [2.45, 2.75) is 32.9 Å². The molecule has 1 atom stereocenters. The number of nitrogens with zero attached hydrogens (tertiary/aromatic N) is 1. The van der Waals surface area contributed by atoms with Crippen molar-refractivity contribution in [1.29, 1.82) is 0 Å². The Hall–Kier alpha value is -1.26. The highest BCUT2D eigenvalue weighted by atomic mass is 16.5. The average molecular weight is 264 g/mol. The van der Waals surface area contributed by atoms with Crippen molar-refractivity contribution in [2.75, 3.05) is 32.0 Å². The molecule has 1 aromatic carbocycles. The monoisotopic (exact) mass is 264 g/mol. The molecular weight excluding hydrogens is 240 g/mol. The third-order valence-corrected chi connectivity index (χ3v) is 3.56. The van der Waals surface area contributed by atoms with Crippen molar-refractivity contribution in [3.05, 3.63) is 23.8 Å². The van der Waals surface area contributed by atoms with Crippen LogP contribution in [0.2, 0.25) is 0 Å². The molecule has 106 valence electrons. The van der Waals surface area contributed by atoms with E-state index in [1.54, 1.807) is 0 Å². The molecule has 0 spiro atoms. The van der Waals surface area contributed by atoms with Crippen molar-refractivity contribution in [3.8, 4) is 5.75 Å². The minimum atomic E-state index is 0.121. The van der Waals surface area contributed by atoms with Crippen LogP contribution in [0.3, 0.4) is 0 Å². The molecule has 4 heteroatoms. The third kappa shape index (κ3) is 3.61. The zero-order valence-corrected chi connectivity index (χ0v) is 12.1. The van der Waals surface area contributed by atoms with Crippen molar-refractivity contribution in [2.24, 2.45) is 0 Å². The van der Waals surface area contributed by atoms with Gasteiger partial charge in [-0.05, 0) is 32.4 Å². The summed E-state index contributed by atoms with van der Waals surface area (Å²) in [5, 5.41) is 0. The van der Waals surface area contributed by atoms with E-state index in [0.29, 0.717) is 18.3 Å². The lowest BCUT2D eigenvalue weighted by atomic mass is 10.2. The summed E-state index contributed by atoms with van der Waals surface area (Å²) in [5.74, 6) is 0.785. The minimum absolute atomic E-state index is 0.121. The smallest absolute Gasteiger partial charge is 0.145 e. The van der Waals surface area contributed by atoms with Crippen LogP contribution in [0.5, 0.6) is 5.75 Å². The van der Waals surface area contributed by atoms with Crippen molar-refractivity contribution in [1.82, 2.24) is 4.90 Å². The number of anilines is 1. The first-order chi connectivity index (χ1) is 9.08. The number of aryl methyl sites for hydroxylation is 1. The summed E-state index contributed by atoms with van der Waals surface area (Å²) < 4.78 is 11.6. The lowest BCUT2D eigenvalue weighted by molar-refractivity contribution is -0.0564. The number of ether oxygens (including phenoxy) is 2. The van der Waals surface area contributed by atoms with Crippen LogP contribution in [0.4, 0.5) is 5.69 Å². The summed E-state index contributed by atoms with van der Waals surface area (Å²) in [7, 11) is 0. The van der Waals surface area contributed by atoms with Gasteiger partial charge in [-0.1, -0.05) is 12.1 Å². The summed E-state index contributed by atoms with van der Waals surface area (Å²) in [5.41, 5.74) is 7.69. The van der Waals surface area contributed by atoms with E-state index in [9.17, 15) is 0 Å². The molecule has 19 heavy (non-hydrogen) atoms. The van der Waals surface area contributed by atoms with Crippen LogP contribution >= 0.6 is 0 Å². The van der Waals surface area contributed by atoms with Crippen LogP contribution in [-0.2, 0) is 4.74 Å². The second-order valence-corrected chi connectivity index (χ2v) is 5.39. The quantitative estimate of drug-likeness (QED) is 0.846. The van der Waals surface area contributed by atoms with Gasteiger partial charge in [0.2, 0.25) is 0 Å². The lowest BCUT2D eigenvalue weighted by Crippen LogP contribution is -2.47. The molecule has 1 aliphatic heterocycles. The molecule has 0 saturated carbocycles. The minimum Gasteiger partial charge on any atom is -0.488 e. The van der Waals surface area contributed by atoms with Gasteiger partial charge in [0.1, 0.15) is 18.5 Å². The van der Waals surface area contributed by atoms with Crippen molar-refractivity contribution < 1.29 is 9.47 Å². The normalized spacial score (nSPS) is 20.7. The Kier molecular flexibility index (Phi) is 4.66. The van der Waals surface area contributed by atoms with Gasteiger partial charge in [-0.25, -0.2) is 0 Å². The van der Waals surface area contributed by atoms with Crippen LogP contribution in [0.1, 0.15) is 19.4 Å². The molecule has 0 bridgehead atoms. The fraction of sp³-hybridized carbons (Fsp3) is 0.600. The zero-order valence-electron chi connectivity index (χ0n) is 12.1. The summed E-state index contributed by atoms with van der Waals surface area (Å²) >= 11 is 0. The molecule has 0 aliphatic carbocycles. The molecule has 1 unspecified atom stereocenters. The van der Waals surface area contributed by atoms with Gasteiger partial charge in [-0.3, -0.25) is 4.90 Å². The highest BCUT2D eigenvalue weighted by Gasteiger charge is 2.23. The van der Waals surface area contributed by atoms with Crippen LogP contribution < -0.4 is 10.5 Å². The summed E-state index contributed by atoms with van der Waals surface area (Å²) in [6.07, 6.45) is 0.121. The van der Waals surface area contributed by atoms with E-state index in [0.717, 1.165) is 31.0 Å². The zero-order chi connectivity index (χ0) is 13.8. The molecule has 1 aliphatic rings. The van der Waals surface area contributed by atoms with Gasteiger partial charge in [0, 0.05) is 19.1 Å². The van der Waals surface area contributed by atoms with E-state index in [1.165, 1.54) is 0 Å². The molecule has 1 fully saturated rings. The number of hydrogen-bond acceptors (Lipinski definition) is 4. The van der Waals surface area contributed by atoms with Gasteiger partial charge in [0.05, 0.1) is 12.3 Å². The number of morpholine rings is 1. The number of benzene rings is 1. The first-order valence-corrected chi connectivity index (χ1v) is 6.91. The largest absolute Gasteiger partial charge is 0.488 e. The molecular formula is C15H24N2O2. The standard InChI is InChI=1S/C15H24N2O2/c1-11(2)17-7-8-18-13(9-17)10-19-15-12(3)5-4-6-14(15)16/h4-6,11,13H,7-10,16H2,1-3H3. The molecule has 0 amide bonds. The topological polar surface area (TPSA) is 47.7 Å². The maximum absolute atomic E-state index is 5.94. The molecule has 1 aromatic rings. The summed E-state index contributed by atoms with van der Waals surface area (Å²) in [4.78, 5) is 2.42. The number of rotatable bonds is 4. The second kappa shape index (κ2) is 6.26. The van der Waals surface area contributed by atoms with Crippen LogP contribution in [0.25, 0.3) is 0 Å². The maximum Gasteiger partial charge on any atom is 0.145 e. The van der Waals surface area contributed by atoms with E-state index in [1.807, 2.05) is 25.1 Å². The Bertz CT molecular complexity index is 400. The fourth-order valence-corrected chi connectivity index (χ4v) is 2.36. The molecule has 4 nitrogen and oxygen atoms in total. The van der Waals surface area contributed by atoms with E-state index >= 15 is 0 Å². The van der Waals surface area contributed by atoms with E-state index in [4.69, 9.17) is 15.2 Å². The van der Waals surface area contributed by atoms with Gasteiger partial charge >= 0.3 is 0 Å². The van der Waals surface area contributed by atoms with Crippen LogP contribution in [-0.4, -0.2) is 43.3 Å². The van der Waals surface area contributed by atoms with E-state index in [-0.39, 0.29) is 6.10 Å². The Morgan fingerprint density at radius 1 is 1.47 bits per heavy atom. The Morgan fingerprint density at radius 2 is 2.26 bits per heavy atom. The van der Waals surface area contributed by atoms with Crippen molar-refractivity contribution in [3.63, 3.8) is 0 Å². The second-order valence-electron chi connectivity index (χ2n) is 5.39. The third-order valence-electron chi connectivity index (χ3n) is 3.56. The van der Waals surface area contributed by atoms with Crippen molar-refractivity contribution >= 4 is 5.69 Å². The highest BCUT2D eigenvalue weighted by Crippen LogP contribution is 2.25. The van der Waals surface area contributed by atoms with E-state index in [2.05, 4.69) is 18.7 Å². The lowest BCUT2D eigenvalue weighted by Gasteiger charge is -2.35.